The fourth-order valence-electron chi connectivity index (χ4n) is 4.22. The largest absolute Gasteiger partial charge is 0.463 e. The van der Waals surface area contributed by atoms with Gasteiger partial charge >= 0.3 is 5.97 Å². The normalized spacial score (nSPS) is 12.2. The van der Waals surface area contributed by atoms with Gasteiger partial charge in [-0.15, -0.1) is 0 Å². The third kappa shape index (κ3) is 4.52. The van der Waals surface area contributed by atoms with Crippen molar-refractivity contribution in [2.24, 2.45) is 0 Å². The third-order valence-electron chi connectivity index (χ3n) is 5.73. The summed E-state index contributed by atoms with van der Waals surface area (Å²) >= 11 is 0. The molecule has 3 rings (SSSR count). The first-order valence-corrected chi connectivity index (χ1v) is 12.7. The van der Waals surface area contributed by atoms with Crippen molar-refractivity contribution >= 4 is 35.3 Å². The van der Waals surface area contributed by atoms with Gasteiger partial charge in [-0.05, 0) is 40.5 Å². The second-order valence-electron chi connectivity index (χ2n) is 8.25. The van der Waals surface area contributed by atoms with Crippen LogP contribution < -0.4 is 5.30 Å². The van der Waals surface area contributed by atoms with E-state index in [2.05, 4.69) is 24.3 Å². The lowest BCUT2D eigenvalue weighted by Crippen LogP contribution is -2.21. The zero-order chi connectivity index (χ0) is 22.6. The minimum Gasteiger partial charge on any atom is -0.463 e. The van der Waals surface area contributed by atoms with Crippen molar-refractivity contribution in [3.05, 3.63) is 72.3 Å². The fourth-order valence-corrected chi connectivity index (χ4v) is 7.41. The molecule has 162 valence electrons. The molecule has 0 bridgehead atoms. The van der Waals surface area contributed by atoms with Crippen LogP contribution in [-0.4, -0.2) is 23.9 Å². The number of carbonyl (C=O) groups is 1. The van der Waals surface area contributed by atoms with E-state index in [0.29, 0.717) is 6.61 Å². The first kappa shape index (κ1) is 23.0. The molecule has 0 fully saturated rings. The second kappa shape index (κ2) is 9.66. The lowest BCUT2D eigenvalue weighted by atomic mass is 9.93. The number of hydrogen-bond donors (Lipinski definition) is 0. The van der Waals surface area contributed by atoms with Crippen molar-refractivity contribution in [2.75, 3.05) is 6.61 Å². The van der Waals surface area contributed by atoms with Gasteiger partial charge in [-0.2, -0.15) is 0 Å². The maximum atomic E-state index is 14.3. The fraction of sp³-hybridized carbons (Fsp3) is 0.296. The number of fused-ring (bicyclic) bond motifs is 1. The highest BCUT2D eigenvalue weighted by molar-refractivity contribution is 7.73. The summed E-state index contributed by atoms with van der Waals surface area (Å²) in [6, 6.07) is 20.3. The van der Waals surface area contributed by atoms with Gasteiger partial charge in [-0.1, -0.05) is 88.4 Å². The molecule has 0 aliphatic rings. The van der Waals surface area contributed by atoms with E-state index in [0.717, 1.165) is 32.8 Å². The van der Waals surface area contributed by atoms with E-state index in [9.17, 15) is 9.36 Å². The number of rotatable bonds is 7. The molecule has 0 spiro atoms. The van der Waals surface area contributed by atoms with Crippen LogP contribution in [0.2, 0.25) is 0 Å². The van der Waals surface area contributed by atoms with E-state index < -0.39 is 7.14 Å². The number of esters is 1. The van der Waals surface area contributed by atoms with E-state index in [1.165, 1.54) is 6.08 Å². The van der Waals surface area contributed by atoms with Crippen LogP contribution in [0.25, 0.3) is 28.0 Å². The van der Waals surface area contributed by atoms with Gasteiger partial charge in [0.25, 0.3) is 0 Å². The first-order valence-electron chi connectivity index (χ1n) is 10.9. The van der Waals surface area contributed by atoms with E-state index >= 15 is 0 Å². The van der Waals surface area contributed by atoms with Crippen LogP contribution >= 0.6 is 7.14 Å². The quantitative estimate of drug-likeness (QED) is 0.231. The predicted molar refractivity (Wildman–Crippen MR) is 133 cm³/mol. The van der Waals surface area contributed by atoms with Crippen molar-refractivity contribution < 1.29 is 14.1 Å². The number of benzene rings is 3. The van der Waals surface area contributed by atoms with Gasteiger partial charge in [0.05, 0.1) is 6.61 Å². The van der Waals surface area contributed by atoms with Gasteiger partial charge in [0.1, 0.15) is 7.14 Å². The van der Waals surface area contributed by atoms with Crippen LogP contribution in [0.5, 0.6) is 0 Å². The standard InChI is InChI=1S/C27H31O3P/c1-6-30-26(28)18-17-22-16-15-21-11-7-8-12-23(21)27(22)24-13-9-10-14-25(24)31(29,19(2)3)20(4)5/h7-20H,6H2,1-5H3/b18-17+. The minimum atomic E-state index is -2.68. The van der Waals surface area contributed by atoms with Gasteiger partial charge < -0.3 is 9.30 Å². The van der Waals surface area contributed by atoms with E-state index in [-0.39, 0.29) is 17.3 Å². The summed E-state index contributed by atoms with van der Waals surface area (Å²) in [6.07, 6.45) is 3.26. The Morgan fingerprint density at radius 2 is 1.58 bits per heavy atom. The van der Waals surface area contributed by atoms with Crippen LogP contribution in [0.4, 0.5) is 0 Å². The molecule has 0 saturated heterocycles. The monoisotopic (exact) mass is 434 g/mol. The molecule has 0 aromatic heterocycles. The number of ether oxygens (including phenoxy) is 1. The second-order valence-corrected chi connectivity index (χ2v) is 12.2. The molecule has 0 saturated carbocycles. The molecule has 4 heteroatoms. The highest BCUT2D eigenvalue weighted by atomic mass is 31.2. The van der Waals surface area contributed by atoms with E-state index in [1.807, 2.05) is 64.1 Å². The Hall–Kier alpha value is -2.64. The van der Waals surface area contributed by atoms with Crippen LogP contribution in [0.15, 0.2) is 66.7 Å². The Kier molecular flexibility index (Phi) is 7.18. The van der Waals surface area contributed by atoms with Gasteiger partial charge in [-0.25, -0.2) is 4.79 Å². The van der Waals surface area contributed by atoms with Crippen molar-refractivity contribution in [1.29, 1.82) is 0 Å². The molecule has 0 amide bonds. The maximum Gasteiger partial charge on any atom is 0.330 e. The molecule has 3 aromatic rings. The highest BCUT2D eigenvalue weighted by Crippen LogP contribution is 2.56. The molecule has 0 N–H and O–H groups in total. The zero-order valence-electron chi connectivity index (χ0n) is 19.0. The molecule has 3 aromatic carbocycles. The summed E-state index contributed by atoms with van der Waals surface area (Å²) < 4.78 is 19.4. The van der Waals surface area contributed by atoms with Gasteiger partial charge in [0.2, 0.25) is 0 Å². The molecule has 0 heterocycles. The summed E-state index contributed by atoms with van der Waals surface area (Å²) in [5.41, 5.74) is 2.92. The Balaban J connectivity index is 2.34. The summed E-state index contributed by atoms with van der Waals surface area (Å²) in [7, 11) is -2.68. The van der Waals surface area contributed by atoms with Gasteiger partial charge in [-0.3, -0.25) is 0 Å². The lowest BCUT2D eigenvalue weighted by molar-refractivity contribution is -0.137. The van der Waals surface area contributed by atoms with Crippen LogP contribution in [-0.2, 0) is 14.1 Å². The molecule has 0 atom stereocenters. The number of carbonyl (C=O) groups excluding carboxylic acids is 1. The summed E-state index contributed by atoms with van der Waals surface area (Å²) in [5, 5.41) is 3.08. The SMILES string of the molecule is CCOC(=O)/C=C/c1ccc2ccccc2c1-c1ccccc1P(=O)(C(C)C)C(C)C. The summed E-state index contributed by atoms with van der Waals surface area (Å²) in [4.78, 5) is 12.0. The molecular weight excluding hydrogens is 403 g/mol. The molecule has 0 unspecified atom stereocenters. The Bertz CT molecular complexity index is 1150. The Morgan fingerprint density at radius 3 is 2.26 bits per heavy atom. The zero-order valence-corrected chi connectivity index (χ0v) is 19.9. The third-order valence-corrected chi connectivity index (χ3v) is 9.94. The van der Waals surface area contributed by atoms with Crippen molar-refractivity contribution in [3.63, 3.8) is 0 Å². The Morgan fingerprint density at radius 1 is 0.935 bits per heavy atom. The summed E-state index contributed by atoms with van der Waals surface area (Å²) in [5.74, 6) is -0.370. The van der Waals surface area contributed by atoms with E-state index in [1.54, 1.807) is 13.0 Å². The average molecular weight is 435 g/mol. The van der Waals surface area contributed by atoms with Crippen LogP contribution in [0.1, 0.15) is 40.2 Å². The molecule has 0 radical (unpaired) electrons. The van der Waals surface area contributed by atoms with E-state index in [4.69, 9.17) is 4.74 Å². The molecule has 31 heavy (non-hydrogen) atoms. The van der Waals surface area contributed by atoms with Crippen molar-refractivity contribution in [3.8, 4) is 11.1 Å². The smallest absolute Gasteiger partial charge is 0.330 e. The molecule has 3 nitrogen and oxygen atoms in total. The lowest BCUT2D eigenvalue weighted by Gasteiger charge is -2.29. The Labute approximate surface area is 185 Å². The predicted octanol–water partition coefficient (Wildman–Crippen LogP) is 6.89. The maximum absolute atomic E-state index is 14.3. The van der Waals surface area contributed by atoms with Gasteiger partial charge in [0.15, 0.2) is 0 Å². The van der Waals surface area contributed by atoms with Crippen molar-refractivity contribution in [1.82, 2.24) is 0 Å². The molecular formula is C27H31O3P. The molecule has 0 aliphatic heterocycles. The van der Waals surface area contributed by atoms with Crippen LogP contribution in [0, 0.1) is 0 Å². The topological polar surface area (TPSA) is 43.4 Å². The van der Waals surface area contributed by atoms with Crippen molar-refractivity contribution in [2.45, 2.75) is 45.9 Å². The number of hydrogen-bond acceptors (Lipinski definition) is 3. The highest BCUT2D eigenvalue weighted by Gasteiger charge is 2.35. The molecule has 0 aliphatic carbocycles. The minimum absolute atomic E-state index is 0.0298. The van der Waals surface area contributed by atoms with Gasteiger partial charge in [0, 0.05) is 22.7 Å². The van der Waals surface area contributed by atoms with Crippen LogP contribution in [0.3, 0.4) is 0 Å². The first-order chi connectivity index (χ1) is 14.8. The average Bonchev–Trinajstić information content (AvgIpc) is 2.76. The summed E-state index contributed by atoms with van der Waals surface area (Å²) in [6.45, 7) is 10.3.